The second-order valence-electron chi connectivity index (χ2n) is 3.54. The molecule has 1 aromatic rings. The molecule has 0 saturated heterocycles. The Kier molecular flexibility index (Phi) is 2.66. The van der Waals surface area contributed by atoms with Crippen molar-refractivity contribution in [3.63, 3.8) is 0 Å². The molecule has 0 bridgehead atoms. The largest absolute Gasteiger partial charge is 0.504 e. The van der Waals surface area contributed by atoms with E-state index in [9.17, 15) is 10.2 Å². The van der Waals surface area contributed by atoms with Gasteiger partial charge in [-0.15, -0.1) is 0 Å². The lowest BCUT2D eigenvalue weighted by atomic mass is 10.0. The van der Waals surface area contributed by atoms with Crippen LogP contribution < -0.4 is 0 Å². The Hall–Kier alpha value is -1.38. The van der Waals surface area contributed by atoms with Crippen molar-refractivity contribution in [2.24, 2.45) is 5.92 Å². The Morgan fingerprint density at radius 2 is 1.69 bits per heavy atom. The van der Waals surface area contributed by atoms with Crippen LogP contribution in [0.3, 0.4) is 0 Å². The smallest absolute Gasteiger partial charge is 0.200 e. The highest BCUT2D eigenvalue weighted by molar-refractivity contribution is 5.53. The van der Waals surface area contributed by atoms with Gasteiger partial charge in [0.1, 0.15) is 0 Å². The first-order valence-corrected chi connectivity index (χ1v) is 4.25. The molecule has 0 spiro atoms. The summed E-state index contributed by atoms with van der Waals surface area (Å²) < 4.78 is 0. The van der Waals surface area contributed by atoms with Gasteiger partial charge in [0.2, 0.25) is 5.75 Å². The molecule has 0 aliphatic carbocycles. The van der Waals surface area contributed by atoms with Gasteiger partial charge in [-0.2, -0.15) is 0 Å². The fraction of sp³-hybridized carbons (Fsp3) is 0.400. The fourth-order valence-electron chi connectivity index (χ4n) is 1.22. The lowest BCUT2D eigenvalue weighted by molar-refractivity contribution is 0.363. The number of benzene rings is 1. The molecule has 72 valence electrons. The Labute approximate surface area is 77.3 Å². The number of hydrogen-bond donors (Lipinski definition) is 3. The predicted molar refractivity (Wildman–Crippen MR) is 50.0 cm³/mol. The normalized spacial score (nSPS) is 10.7. The third-order valence-corrected chi connectivity index (χ3v) is 1.84. The summed E-state index contributed by atoms with van der Waals surface area (Å²) in [6.07, 6.45) is 0.680. The Morgan fingerprint density at radius 3 is 2.23 bits per heavy atom. The van der Waals surface area contributed by atoms with Crippen LogP contribution in [-0.4, -0.2) is 15.3 Å². The van der Waals surface area contributed by atoms with Crippen LogP contribution in [0.1, 0.15) is 19.4 Å². The highest BCUT2D eigenvalue weighted by atomic mass is 16.3. The van der Waals surface area contributed by atoms with Gasteiger partial charge in [0.05, 0.1) is 0 Å². The minimum atomic E-state index is -0.432. The van der Waals surface area contributed by atoms with Crippen molar-refractivity contribution in [1.29, 1.82) is 0 Å². The molecule has 0 saturated carbocycles. The highest BCUT2D eigenvalue weighted by Crippen LogP contribution is 2.37. The van der Waals surface area contributed by atoms with Crippen LogP contribution in [0.5, 0.6) is 17.2 Å². The zero-order valence-electron chi connectivity index (χ0n) is 7.78. The van der Waals surface area contributed by atoms with Gasteiger partial charge in [0.25, 0.3) is 0 Å². The standard InChI is InChI=1S/C10H14O3/c1-6(2)5-7-3-4-8(11)10(13)9(7)12/h3-4,6,11-13H,5H2,1-2H3. The van der Waals surface area contributed by atoms with Crippen LogP contribution in [0.4, 0.5) is 0 Å². The van der Waals surface area contributed by atoms with E-state index in [-0.39, 0.29) is 11.5 Å². The summed E-state index contributed by atoms with van der Waals surface area (Å²) in [4.78, 5) is 0. The van der Waals surface area contributed by atoms with Gasteiger partial charge in [-0.3, -0.25) is 0 Å². The summed E-state index contributed by atoms with van der Waals surface area (Å²) in [7, 11) is 0. The van der Waals surface area contributed by atoms with Crippen molar-refractivity contribution in [2.75, 3.05) is 0 Å². The molecule has 0 aliphatic heterocycles. The molecular weight excluding hydrogens is 168 g/mol. The van der Waals surface area contributed by atoms with Crippen LogP contribution in [-0.2, 0) is 6.42 Å². The molecule has 3 N–H and O–H groups in total. The van der Waals surface area contributed by atoms with E-state index >= 15 is 0 Å². The van der Waals surface area contributed by atoms with E-state index in [0.29, 0.717) is 17.9 Å². The van der Waals surface area contributed by atoms with Gasteiger partial charge in [0.15, 0.2) is 11.5 Å². The molecule has 0 atom stereocenters. The van der Waals surface area contributed by atoms with Gasteiger partial charge in [-0.25, -0.2) is 0 Å². The van der Waals surface area contributed by atoms with Crippen LogP contribution in [0, 0.1) is 5.92 Å². The predicted octanol–water partition coefficient (Wildman–Crippen LogP) is 2.00. The monoisotopic (exact) mass is 182 g/mol. The summed E-state index contributed by atoms with van der Waals surface area (Å²) >= 11 is 0. The van der Waals surface area contributed by atoms with Crippen molar-refractivity contribution >= 4 is 0 Å². The molecule has 0 fully saturated rings. The van der Waals surface area contributed by atoms with Crippen molar-refractivity contribution in [2.45, 2.75) is 20.3 Å². The maximum Gasteiger partial charge on any atom is 0.200 e. The number of rotatable bonds is 2. The summed E-state index contributed by atoms with van der Waals surface area (Å²) in [5, 5.41) is 27.7. The number of aromatic hydroxyl groups is 3. The quantitative estimate of drug-likeness (QED) is 0.613. The van der Waals surface area contributed by atoms with Crippen LogP contribution in [0.25, 0.3) is 0 Å². The topological polar surface area (TPSA) is 60.7 Å². The van der Waals surface area contributed by atoms with E-state index in [2.05, 4.69) is 0 Å². The summed E-state index contributed by atoms with van der Waals surface area (Å²) in [5.41, 5.74) is 0.658. The molecule has 0 unspecified atom stereocenters. The van der Waals surface area contributed by atoms with Crippen molar-refractivity contribution in [3.05, 3.63) is 17.7 Å². The van der Waals surface area contributed by atoms with Crippen molar-refractivity contribution < 1.29 is 15.3 Å². The number of phenols is 3. The van der Waals surface area contributed by atoms with Crippen LogP contribution in [0.2, 0.25) is 0 Å². The van der Waals surface area contributed by atoms with Gasteiger partial charge in [-0.1, -0.05) is 19.9 Å². The minimum Gasteiger partial charge on any atom is -0.504 e. The van der Waals surface area contributed by atoms with Gasteiger partial charge in [-0.05, 0) is 24.0 Å². The molecule has 0 radical (unpaired) electrons. The maximum atomic E-state index is 9.42. The van der Waals surface area contributed by atoms with Gasteiger partial charge in [0, 0.05) is 0 Å². The van der Waals surface area contributed by atoms with Crippen molar-refractivity contribution in [1.82, 2.24) is 0 Å². The molecule has 0 aliphatic rings. The minimum absolute atomic E-state index is 0.214. The molecule has 0 heterocycles. The number of hydrogen-bond acceptors (Lipinski definition) is 3. The summed E-state index contributed by atoms with van der Waals surface area (Å²) in [5.74, 6) is -0.535. The average molecular weight is 182 g/mol. The molecule has 3 heteroatoms. The lowest BCUT2D eigenvalue weighted by Crippen LogP contribution is -1.94. The second kappa shape index (κ2) is 3.56. The highest BCUT2D eigenvalue weighted by Gasteiger charge is 2.11. The number of phenolic OH excluding ortho intramolecular Hbond substituents is 3. The molecular formula is C10H14O3. The van der Waals surface area contributed by atoms with Gasteiger partial charge < -0.3 is 15.3 Å². The Morgan fingerprint density at radius 1 is 1.08 bits per heavy atom. The van der Waals surface area contributed by atoms with E-state index in [4.69, 9.17) is 5.11 Å². The Bertz CT molecular complexity index is 305. The van der Waals surface area contributed by atoms with Crippen molar-refractivity contribution in [3.8, 4) is 17.2 Å². The first-order chi connectivity index (χ1) is 6.02. The van der Waals surface area contributed by atoms with Crippen LogP contribution >= 0.6 is 0 Å². The molecule has 13 heavy (non-hydrogen) atoms. The third-order valence-electron chi connectivity index (χ3n) is 1.84. The Balaban J connectivity index is 3.04. The summed E-state index contributed by atoms with van der Waals surface area (Å²) in [6.45, 7) is 4.03. The van der Waals surface area contributed by atoms with E-state index in [0.717, 1.165) is 0 Å². The molecule has 1 rings (SSSR count). The molecule has 1 aromatic carbocycles. The fourth-order valence-corrected chi connectivity index (χ4v) is 1.22. The third kappa shape index (κ3) is 2.05. The molecule has 0 amide bonds. The summed E-state index contributed by atoms with van der Waals surface area (Å²) in [6, 6.07) is 3.00. The first-order valence-electron chi connectivity index (χ1n) is 4.25. The van der Waals surface area contributed by atoms with E-state index < -0.39 is 5.75 Å². The maximum absolute atomic E-state index is 9.42. The lowest BCUT2D eigenvalue weighted by Gasteiger charge is -2.09. The van der Waals surface area contributed by atoms with Crippen LogP contribution in [0.15, 0.2) is 12.1 Å². The average Bonchev–Trinajstić information content (AvgIpc) is 2.06. The first kappa shape index (κ1) is 9.71. The van der Waals surface area contributed by atoms with E-state index in [1.165, 1.54) is 6.07 Å². The SMILES string of the molecule is CC(C)Cc1ccc(O)c(O)c1O. The zero-order valence-corrected chi connectivity index (χ0v) is 7.78. The second-order valence-corrected chi connectivity index (χ2v) is 3.54. The van der Waals surface area contributed by atoms with E-state index in [1.807, 2.05) is 13.8 Å². The molecule has 0 aromatic heterocycles. The zero-order chi connectivity index (χ0) is 10.0. The van der Waals surface area contributed by atoms with Gasteiger partial charge >= 0.3 is 0 Å². The van der Waals surface area contributed by atoms with E-state index in [1.54, 1.807) is 6.07 Å². The molecule has 3 nitrogen and oxygen atoms in total.